The van der Waals surface area contributed by atoms with Gasteiger partial charge in [0.25, 0.3) is 12.3 Å². The maximum atomic E-state index is 14.2. The molecule has 7 nitrogen and oxygen atoms in total. The number of alkyl halides is 2. The average molecular weight is 546 g/mol. The van der Waals surface area contributed by atoms with Gasteiger partial charge in [0.2, 0.25) is 5.88 Å². The first-order valence-electron chi connectivity index (χ1n) is 10.7. The van der Waals surface area contributed by atoms with Gasteiger partial charge in [-0.2, -0.15) is 4.98 Å². The van der Waals surface area contributed by atoms with Crippen molar-refractivity contribution in [3.8, 4) is 5.88 Å². The lowest BCUT2D eigenvalue weighted by Gasteiger charge is -2.37. The van der Waals surface area contributed by atoms with Crippen molar-refractivity contribution in [3.05, 3.63) is 68.2 Å². The van der Waals surface area contributed by atoms with E-state index in [1.165, 1.54) is 30.0 Å². The molecule has 1 fully saturated rings. The van der Waals surface area contributed by atoms with Crippen LogP contribution in [0.4, 0.5) is 13.2 Å². The first-order chi connectivity index (χ1) is 16.8. The zero-order chi connectivity index (χ0) is 24.9. The number of nitrogens with one attached hydrogen (secondary N) is 1. The lowest BCUT2D eigenvalue weighted by atomic mass is 10.0. The molecule has 1 saturated heterocycles. The number of nitrogens with zero attached hydrogens (tertiary/aromatic N) is 4. The molecule has 0 aliphatic carbocycles. The Morgan fingerprint density at radius 2 is 2.03 bits per heavy atom. The highest BCUT2D eigenvalue weighted by atomic mass is 35.5. The first-order valence-corrected chi connectivity index (χ1v) is 12.3. The fourth-order valence-electron chi connectivity index (χ4n) is 3.92. The molecule has 3 aromatic rings. The van der Waals surface area contributed by atoms with Crippen molar-refractivity contribution in [1.82, 2.24) is 25.2 Å². The fourth-order valence-corrected chi connectivity index (χ4v) is 5.24. The Labute approximate surface area is 213 Å². The van der Waals surface area contributed by atoms with Gasteiger partial charge >= 0.3 is 0 Å². The van der Waals surface area contributed by atoms with Crippen LogP contribution in [0.1, 0.15) is 46.2 Å². The Hall–Kier alpha value is -2.47. The van der Waals surface area contributed by atoms with E-state index < -0.39 is 24.2 Å². The lowest BCUT2D eigenvalue weighted by molar-refractivity contribution is 0.0679. The summed E-state index contributed by atoms with van der Waals surface area (Å²) in [7, 11) is 0. The van der Waals surface area contributed by atoms with Gasteiger partial charge in [0.1, 0.15) is 17.6 Å². The van der Waals surface area contributed by atoms with Gasteiger partial charge in [-0.15, -0.1) is 11.3 Å². The number of piperidine rings is 1. The summed E-state index contributed by atoms with van der Waals surface area (Å²) in [6.45, 7) is 0.969. The number of ether oxygens (including phenoxy) is 1. The Morgan fingerprint density at radius 1 is 1.26 bits per heavy atom. The summed E-state index contributed by atoms with van der Waals surface area (Å²) in [6, 6.07) is 3.34. The quantitative estimate of drug-likeness (QED) is 0.412. The summed E-state index contributed by atoms with van der Waals surface area (Å²) in [5, 5.41) is 2.84. The summed E-state index contributed by atoms with van der Waals surface area (Å²) >= 11 is 12.9. The molecule has 1 N–H and O–H groups in total. The smallest absolute Gasteiger partial charge is 0.281 e. The molecule has 1 aromatic carbocycles. The number of amides is 1. The molecule has 1 aliphatic rings. The van der Waals surface area contributed by atoms with Crippen LogP contribution >= 0.6 is 34.5 Å². The molecule has 0 saturated carbocycles. The van der Waals surface area contributed by atoms with Crippen molar-refractivity contribution in [2.24, 2.45) is 0 Å². The fraction of sp³-hybridized carbons (Fsp3) is 0.364. The molecule has 1 unspecified atom stereocenters. The molecule has 2 aromatic heterocycles. The van der Waals surface area contributed by atoms with Gasteiger partial charge in [-0.3, -0.25) is 14.7 Å². The summed E-state index contributed by atoms with van der Waals surface area (Å²) < 4.78 is 47.3. The molecular weight excluding hydrogens is 526 g/mol. The number of halogens is 5. The van der Waals surface area contributed by atoms with E-state index in [1.807, 2.05) is 4.90 Å². The molecule has 13 heteroatoms. The summed E-state index contributed by atoms with van der Waals surface area (Å²) in [4.78, 5) is 26.9. The van der Waals surface area contributed by atoms with E-state index in [9.17, 15) is 18.0 Å². The third-order valence-electron chi connectivity index (χ3n) is 5.57. The van der Waals surface area contributed by atoms with Crippen LogP contribution < -0.4 is 10.1 Å². The third-order valence-corrected chi connectivity index (χ3v) is 7.01. The minimum absolute atomic E-state index is 0.0310. The molecule has 1 amide bonds. The van der Waals surface area contributed by atoms with Gasteiger partial charge in [-0.05, 0) is 25.0 Å². The summed E-state index contributed by atoms with van der Waals surface area (Å²) in [6.07, 6.45) is 1.11. The molecule has 186 valence electrons. The average Bonchev–Trinajstić information content (AvgIpc) is 3.30. The second-order valence-corrected chi connectivity index (χ2v) is 9.44. The molecule has 0 bridgehead atoms. The van der Waals surface area contributed by atoms with Crippen LogP contribution in [-0.4, -0.2) is 51.5 Å². The normalized spacial score (nSPS) is 15.8. The van der Waals surface area contributed by atoms with Crippen LogP contribution in [0.15, 0.2) is 36.1 Å². The number of likely N-dealkylation sites (tertiary alicyclic amines) is 1. The molecule has 0 radical (unpaired) electrons. The van der Waals surface area contributed by atoms with Gasteiger partial charge in [0.15, 0.2) is 5.15 Å². The maximum absolute atomic E-state index is 14.2. The number of hydrogen-bond acceptors (Lipinski definition) is 7. The molecule has 1 aliphatic heterocycles. The first kappa shape index (κ1) is 25.6. The van der Waals surface area contributed by atoms with Crippen molar-refractivity contribution in [2.45, 2.75) is 31.4 Å². The molecule has 4 rings (SSSR count). The van der Waals surface area contributed by atoms with Crippen LogP contribution in [-0.2, 0) is 0 Å². The van der Waals surface area contributed by atoms with Crippen LogP contribution in [0, 0.1) is 5.82 Å². The van der Waals surface area contributed by atoms with Crippen LogP contribution in [0.25, 0.3) is 0 Å². The minimum Gasteiger partial charge on any atom is -0.473 e. The number of thiazole rings is 1. The van der Waals surface area contributed by atoms with E-state index in [1.54, 1.807) is 0 Å². The number of aromatic nitrogens is 3. The van der Waals surface area contributed by atoms with E-state index in [-0.39, 0.29) is 34.1 Å². The van der Waals surface area contributed by atoms with Crippen molar-refractivity contribution in [3.63, 3.8) is 0 Å². The zero-order valence-corrected chi connectivity index (χ0v) is 20.5. The second-order valence-electron chi connectivity index (χ2n) is 7.76. The number of carbonyl (C=O) groups excluding carboxylic acids is 1. The van der Waals surface area contributed by atoms with Gasteiger partial charge in [-0.1, -0.05) is 29.3 Å². The third kappa shape index (κ3) is 6.21. The van der Waals surface area contributed by atoms with Crippen molar-refractivity contribution < 1.29 is 22.7 Å². The van der Waals surface area contributed by atoms with Gasteiger partial charge < -0.3 is 10.1 Å². The largest absolute Gasteiger partial charge is 0.473 e. The lowest BCUT2D eigenvalue weighted by Crippen LogP contribution is -2.44. The highest BCUT2D eigenvalue weighted by Crippen LogP contribution is 2.34. The highest BCUT2D eigenvalue weighted by molar-refractivity contribution is 7.09. The van der Waals surface area contributed by atoms with E-state index in [2.05, 4.69) is 20.3 Å². The van der Waals surface area contributed by atoms with E-state index >= 15 is 0 Å². The summed E-state index contributed by atoms with van der Waals surface area (Å²) in [5.41, 5.74) is 0.736. The predicted octanol–water partition coefficient (Wildman–Crippen LogP) is 5.33. The van der Waals surface area contributed by atoms with Crippen molar-refractivity contribution in [2.75, 3.05) is 19.6 Å². The SMILES string of the molecule is O=C(NCC(c1scnc1C(F)F)N1CCC(Oc2cncc(Cl)n2)CC1)c1c(F)cccc1Cl. The van der Waals surface area contributed by atoms with E-state index in [0.29, 0.717) is 36.7 Å². The van der Waals surface area contributed by atoms with Crippen molar-refractivity contribution >= 4 is 40.4 Å². The topological polar surface area (TPSA) is 80.2 Å². The number of carbonyl (C=O) groups is 1. The van der Waals surface area contributed by atoms with Crippen LogP contribution in [0.2, 0.25) is 10.2 Å². The molecule has 3 heterocycles. The predicted molar refractivity (Wildman–Crippen MR) is 126 cm³/mol. The van der Waals surface area contributed by atoms with Gasteiger partial charge in [0, 0.05) is 19.6 Å². The molecule has 35 heavy (non-hydrogen) atoms. The van der Waals surface area contributed by atoms with Crippen LogP contribution in [0.5, 0.6) is 5.88 Å². The molecule has 1 atom stereocenters. The van der Waals surface area contributed by atoms with E-state index in [0.717, 1.165) is 17.4 Å². The maximum Gasteiger partial charge on any atom is 0.281 e. The standard InChI is InChI=1S/C22H20Cl2F3N5O2S/c23-13-2-1-3-14(25)18(13)22(33)29-8-15(20-19(21(26)27)30-11-35-20)32-6-4-12(5-7-32)34-17-10-28-9-16(24)31-17/h1-3,9-12,15,21H,4-8H2,(H,29,33). The Morgan fingerprint density at radius 3 is 2.71 bits per heavy atom. The monoisotopic (exact) mass is 545 g/mol. The number of benzene rings is 1. The number of rotatable bonds is 8. The van der Waals surface area contributed by atoms with Gasteiger partial charge in [0.05, 0.1) is 39.4 Å². The second kappa shape index (κ2) is 11.5. The Balaban J connectivity index is 1.47. The van der Waals surface area contributed by atoms with Crippen LogP contribution in [0.3, 0.4) is 0 Å². The minimum atomic E-state index is -2.77. The van der Waals surface area contributed by atoms with E-state index in [4.69, 9.17) is 27.9 Å². The van der Waals surface area contributed by atoms with Crippen molar-refractivity contribution in [1.29, 1.82) is 0 Å². The zero-order valence-electron chi connectivity index (χ0n) is 18.1. The Bertz CT molecular complexity index is 1160. The number of hydrogen-bond donors (Lipinski definition) is 1. The van der Waals surface area contributed by atoms with Gasteiger partial charge in [-0.25, -0.2) is 18.2 Å². The summed E-state index contributed by atoms with van der Waals surface area (Å²) in [5.74, 6) is -1.18. The Kier molecular flexibility index (Phi) is 8.42. The molecule has 0 spiro atoms. The highest BCUT2D eigenvalue weighted by Gasteiger charge is 2.32. The molecular formula is C22H20Cl2F3N5O2S.